The lowest BCUT2D eigenvalue weighted by atomic mass is 10.0. The first-order chi connectivity index (χ1) is 8.79. The molecule has 0 bridgehead atoms. The minimum Gasteiger partial charge on any atom is -0.457 e. The van der Waals surface area contributed by atoms with E-state index in [-0.39, 0.29) is 12.0 Å². The van der Waals surface area contributed by atoms with E-state index in [4.69, 9.17) is 4.74 Å². The quantitative estimate of drug-likeness (QED) is 0.596. The lowest BCUT2D eigenvalue weighted by Crippen LogP contribution is -2.27. The Morgan fingerprint density at radius 1 is 1.32 bits per heavy atom. The molecule has 0 aromatic heterocycles. The van der Waals surface area contributed by atoms with Crippen molar-refractivity contribution in [2.75, 3.05) is 0 Å². The molecule has 0 N–H and O–H groups in total. The fourth-order valence-electron chi connectivity index (χ4n) is 1.58. The summed E-state index contributed by atoms with van der Waals surface area (Å²) in [6.07, 6.45) is -0.554. The van der Waals surface area contributed by atoms with Crippen molar-refractivity contribution in [2.24, 2.45) is 0 Å². The van der Waals surface area contributed by atoms with Crippen molar-refractivity contribution < 1.29 is 13.9 Å². The second kappa shape index (κ2) is 6.50. The van der Waals surface area contributed by atoms with E-state index in [9.17, 15) is 9.18 Å². The molecule has 0 aliphatic heterocycles. The molecule has 1 rings (SSSR count). The SMILES string of the molecule is C=C(C(=O)OC(C)(C)C)C(F)CCc1ccccc1. The van der Waals surface area contributed by atoms with Gasteiger partial charge in [0.25, 0.3) is 0 Å². The first-order valence-electron chi connectivity index (χ1n) is 6.40. The Morgan fingerprint density at radius 3 is 2.42 bits per heavy atom. The smallest absolute Gasteiger partial charge is 0.336 e. The van der Waals surface area contributed by atoms with Gasteiger partial charge in [0.05, 0.1) is 5.57 Å². The highest BCUT2D eigenvalue weighted by Crippen LogP contribution is 2.17. The molecule has 0 saturated heterocycles. The van der Waals surface area contributed by atoms with Gasteiger partial charge in [0.1, 0.15) is 11.8 Å². The van der Waals surface area contributed by atoms with Gasteiger partial charge in [0, 0.05) is 0 Å². The van der Waals surface area contributed by atoms with Gasteiger partial charge in [0.2, 0.25) is 0 Å². The summed E-state index contributed by atoms with van der Waals surface area (Å²) in [6.45, 7) is 8.74. The van der Waals surface area contributed by atoms with Gasteiger partial charge >= 0.3 is 5.97 Å². The average Bonchev–Trinajstić information content (AvgIpc) is 2.34. The molecule has 0 saturated carbocycles. The van der Waals surface area contributed by atoms with Crippen molar-refractivity contribution in [2.45, 2.75) is 45.4 Å². The van der Waals surface area contributed by atoms with E-state index in [0.717, 1.165) is 5.56 Å². The van der Waals surface area contributed by atoms with Gasteiger partial charge in [-0.1, -0.05) is 36.9 Å². The van der Waals surface area contributed by atoms with Crippen LogP contribution in [0.4, 0.5) is 4.39 Å². The van der Waals surface area contributed by atoms with E-state index in [1.807, 2.05) is 30.3 Å². The highest BCUT2D eigenvalue weighted by Gasteiger charge is 2.24. The third-order valence-corrected chi connectivity index (χ3v) is 2.57. The predicted molar refractivity (Wildman–Crippen MR) is 74.6 cm³/mol. The highest BCUT2D eigenvalue weighted by atomic mass is 19.1. The molecule has 1 aromatic carbocycles. The number of halogens is 1. The van der Waals surface area contributed by atoms with Gasteiger partial charge in [-0.2, -0.15) is 0 Å². The van der Waals surface area contributed by atoms with Crippen LogP contribution in [0.1, 0.15) is 32.8 Å². The molecule has 0 spiro atoms. The number of carbonyl (C=O) groups is 1. The maximum Gasteiger partial charge on any atom is 0.336 e. The van der Waals surface area contributed by atoms with Crippen LogP contribution in [0.15, 0.2) is 42.5 Å². The molecule has 104 valence electrons. The van der Waals surface area contributed by atoms with Crippen LogP contribution >= 0.6 is 0 Å². The molecule has 1 atom stereocenters. The van der Waals surface area contributed by atoms with Crippen molar-refractivity contribution in [1.29, 1.82) is 0 Å². The molecule has 0 amide bonds. The molecular formula is C16H21FO2. The molecule has 2 nitrogen and oxygen atoms in total. The van der Waals surface area contributed by atoms with Crippen LogP contribution in [0.2, 0.25) is 0 Å². The van der Waals surface area contributed by atoms with Gasteiger partial charge < -0.3 is 4.74 Å². The topological polar surface area (TPSA) is 26.3 Å². The fraction of sp³-hybridized carbons (Fsp3) is 0.438. The monoisotopic (exact) mass is 264 g/mol. The van der Waals surface area contributed by atoms with E-state index < -0.39 is 17.7 Å². The number of alkyl halides is 1. The average molecular weight is 264 g/mol. The number of benzene rings is 1. The Hall–Kier alpha value is -1.64. The number of rotatable bonds is 5. The molecule has 0 aliphatic rings. The molecule has 1 unspecified atom stereocenters. The van der Waals surface area contributed by atoms with Gasteiger partial charge in [-0.05, 0) is 39.2 Å². The molecule has 19 heavy (non-hydrogen) atoms. The summed E-state index contributed by atoms with van der Waals surface area (Å²) in [5.74, 6) is -0.659. The van der Waals surface area contributed by atoms with Crippen LogP contribution in [0.5, 0.6) is 0 Å². The Morgan fingerprint density at radius 2 is 1.89 bits per heavy atom. The molecule has 0 radical (unpaired) electrons. The molecule has 1 aromatic rings. The summed E-state index contributed by atoms with van der Waals surface area (Å²) < 4.78 is 19.0. The number of hydrogen-bond acceptors (Lipinski definition) is 2. The highest BCUT2D eigenvalue weighted by molar-refractivity contribution is 5.89. The number of carbonyl (C=O) groups excluding carboxylic acids is 1. The largest absolute Gasteiger partial charge is 0.457 e. The zero-order valence-electron chi connectivity index (χ0n) is 11.8. The van der Waals surface area contributed by atoms with Crippen LogP contribution in [0, 0.1) is 0 Å². The minimum absolute atomic E-state index is 0.106. The molecule has 0 aliphatic carbocycles. The lowest BCUT2D eigenvalue weighted by Gasteiger charge is -2.21. The third-order valence-electron chi connectivity index (χ3n) is 2.57. The Balaban J connectivity index is 2.47. The summed E-state index contributed by atoms with van der Waals surface area (Å²) in [6, 6.07) is 9.60. The van der Waals surface area contributed by atoms with Crippen LogP contribution in [0.25, 0.3) is 0 Å². The van der Waals surface area contributed by atoms with E-state index in [1.165, 1.54) is 0 Å². The van der Waals surface area contributed by atoms with E-state index in [1.54, 1.807) is 20.8 Å². The normalized spacial score (nSPS) is 12.8. The zero-order valence-corrected chi connectivity index (χ0v) is 11.8. The molecule has 0 heterocycles. The summed E-state index contributed by atoms with van der Waals surface area (Å²) in [5.41, 5.74) is 0.312. The zero-order chi connectivity index (χ0) is 14.5. The predicted octanol–water partition coefficient (Wildman–Crippen LogP) is 3.86. The summed E-state index contributed by atoms with van der Waals surface area (Å²) in [5, 5.41) is 0. The molecule has 0 fully saturated rings. The standard InChI is InChI=1S/C16H21FO2/c1-12(15(18)19-16(2,3)4)14(17)11-10-13-8-6-5-7-9-13/h5-9,14H,1,10-11H2,2-4H3. The first kappa shape index (κ1) is 15.4. The van der Waals surface area contributed by atoms with Crippen LogP contribution in [-0.4, -0.2) is 17.7 Å². The summed E-state index contributed by atoms with van der Waals surface area (Å²) in [7, 11) is 0. The summed E-state index contributed by atoms with van der Waals surface area (Å²) >= 11 is 0. The van der Waals surface area contributed by atoms with Crippen molar-refractivity contribution in [3.63, 3.8) is 0 Å². The molecule has 3 heteroatoms. The number of esters is 1. The van der Waals surface area contributed by atoms with Crippen molar-refractivity contribution in [1.82, 2.24) is 0 Å². The van der Waals surface area contributed by atoms with Gasteiger partial charge in [-0.3, -0.25) is 0 Å². The fourth-order valence-corrected chi connectivity index (χ4v) is 1.58. The van der Waals surface area contributed by atoms with Crippen LogP contribution in [0.3, 0.4) is 0 Å². The number of ether oxygens (including phenoxy) is 1. The Bertz CT molecular complexity index is 432. The molecular weight excluding hydrogens is 243 g/mol. The number of aryl methyl sites for hydroxylation is 1. The van der Waals surface area contributed by atoms with Crippen molar-refractivity contribution in [3.8, 4) is 0 Å². The van der Waals surface area contributed by atoms with E-state index in [2.05, 4.69) is 6.58 Å². The summed E-state index contributed by atoms with van der Waals surface area (Å²) in [4.78, 5) is 11.6. The second-order valence-electron chi connectivity index (χ2n) is 5.52. The third kappa shape index (κ3) is 5.69. The first-order valence-corrected chi connectivity index (χ1v) is 6.40. The van der Waals surface area contributed by atoms with Gasteiger partial charge in [-0.25, -0.2) is 9.18 Å². The minimum atomic E-state index is -1.37. The van der Waals surface area contributed by atoms with Gasteiger partial charge in [-0.15, -0.1) is 0 Å². The van der Waals surface area contributed by atoms with Crippen molar-refractivity contribution in [3.05, 3.63) is 48.0 Å². The van der Waals surface area contributed by atoms with Crippen LogP contribution < -0.4 is 0 Å². The van der Waals surface area contributed by atoms with Crippen LogP contribution in [-0.2, 0) is 16.0 Å². The lowest BCUT2D eigenvalue weighted by molar-refractivity contribution is -0.150. The maximum absolute atomic E-state index is 13.9. The second-order valence-corrected chi connectivity index (χ2v) is 5.52. The van der Waals surface area contributed by atoms with E-state index >= 15 is 0 Å². The Kier molecular flexibility index (Phi) is 5.28. The Labute approximate surface area is 114 Å². The van der Waals surface area contributed by atoms with Crippen molar-refractivity contribution >= 4 is 5.97 Å². The number of hydrogen-bond donors (Lipinski definition) is 0. The maximum atomic E-state index is 13.9. The van der Waals surface area contributed by atoms with E-state index in [0.29, 0.717) is 6.42 Å². The van der Waals surface area contributed by atoms with Gasteiger partial charge in [0.15, 0.2) is 0 Å².